The van der Waals surface area contributed by atoms with E-state index >= 15 is 0 Å². The van der Waals surface area contributed by atoms with Gasteiger partial charge in [0.15, 0.2) is 0 Å². The number of carbonyl (C=O) groups excluding carboxylic acids is 1. The van der Waals surface area contributed by atoms with E-state index in [0.717, 1.165) is 40.7 Å². The Kier molecular flexibility index (Phi) is 4.97. The summed E-state index contributed by atoms with van der Waals surface area (Å²) in [6.45, 7) is 0. The number of carbonyl (C=O) groups is 1. The van der Waals surface area contributed by atoms with Crippen LogP contribution in [0.4, 0.5) is 5.69 Å². The Balaban J connectivity index is 1.39. The van der Waals surface area contributed by atoms with Crippen molar-refractivity contribution in [2.45, 2.75) is 19.3 Å². The van der Waals surface area contributed by atoms with Gasteiger partial charge in [-0.15, -0.1) is 0 Å². The molecule has 2 heterocycles. The molecular weight excluding hydrogens is 334 g/mol. The molecule has 2 aromatic heterocycles. The number of amides is 1. The highest BCUT2D eigenvalue weighted by atomic mass is 16.1. The van der Waals surface area contributed by atoms with Crippen LogP contribution in [0.25, 0.3) is 22.2 Å². The maximum Gasteiger partial charge on any atom is 0.224 e. The zero-order valence-corrected chi connectivity index (χ0v) is 15.0. The van der Waals surface area contributed by atoms with Gasteiger partial charge in [0.05, 0.1) is 0 Å². The number of H-pyrrole nitrogens is 1. The average Bonchev–Trinajstić information content (AvgIpc) is 3.17. The second-order valence-corrected chi connectivity index (χ2v) is 6.61. The Morgan fingerprint density at radius 3 is 2.74 bits per heavy atom. The van der Waals surface area contributed by atoms with Crippen molar-refractivity contribution in [3.05, 3.63) is 84.7 Å². The van der Waals surface area contributed by atoms with Crippen LogP contribution in [-0.4, -0.2) is 15.9 Å². The fourth-order valence-electron chi connectivity index (χ4n) is 3.20. The van der Waals surface area contributed by atoms with E-state index in [1.54, 1.807) is 0 Å². The van der Waals surface area contributed by atoms with Crippen LogP contribution < -0.4 is 5.32 Å². The van der Waals surface area contributed by atoms with E-state index in [2.05, 4.69) is 33.5 Å². The Labute approximate surface area is 158 Å². The number of aromatic nitrogens is 2. The lowest BCUT2D eigenvalue weighted by Crippen LogP contribution is -2.11. The molecule has 0 saturated heterocycles. The van der Waals surface area contributed by atoms with E-state index in [9.17, 15) is 4.79 Å². The Morgan fingerprint density at radius 2 is 1.85 bits per heavy atom. The molecule has 27 heavy (non-hydrogen) atoms. The lowest BCUT2D eigenvalue weighted by molar-refractivity contribution is -0.116. The number of rotatable bonds is 6. The maximum absolute atomic E-state index is 12.3. The molecule has 0 unspecified atom stereocenters. The average molecular weight is 355 g/mol. The third-order valence-electron chi connectivity index (χ3n) is 4.59. The summed E-state index contributed by atoms with van der Waals surface area (Å²) in [6, 6.07) is 22.2. The molecule has 0 radical (unpaired) electrons. The third kappa shape index (κ3) is 4.23. The Morgan fingerprint density at radius 1 is 0.963 bits per heavy atom. The van der Waals surface area contributed by atoms with Crippen molar-refractivity contribution in [1.82, 2.24) is 9.97 Å². The van der Waals surface area contributed by atoms with E-state index in [0.29, 0.717) is 6.42 Å². The number of fused-ring (bicyclic) bond motifs is 1. The number of pyridine rings is 1. The highest BCUT2D eigenvalue weighted by Crippen LogP contribution is 2.25. The van der Waals surface area contributed by atoms with Crippen LogP contribution in [-0.2, 0) is 11.2 Å². The standard InChI is InChI=1S/C23H21N3O/c27-22(11-4-8-17-6-2-1-3-7-17)26-21-10-5-9-18(15-21)20-14-19-12-13-24-23(19)25-16-20/h1-3,5-7,9-10,12-16H,4,8,11H2,(H,24,25)(H,26,27). The summed E-state index contributed by atoms with van der Waals surface area (Å²) >= 11 is 0. The summed E-state index contributed by atoms with van der Waals surface area (Å²) in [5.41, 5.74) is 5.02. The van der Waals surface area contributed by atoms with E-state index in [-0.39, 0.29) is 5.91 Å². The lowest BCUT2D eigenvalue weighted by Gasteiger charge is -2.08. The van der Waals surface area contributed by atoms with Gasteiger partial charge in [0.2, 0.25) is 5.91 Å². The largest absolute Gasteiger partial charge is 0.346 e. The van der Waals surface area contributed by atoms with Crippen molar-refractivity contribution in [3.63, 3.8) is 0 Å². The van der Waals surface area contributed by atoms with Crippen LogP contribution in [0.1, 0.15) is 18.4 Å². The highest BCUT2D eigenvalue weighted by molar-refractivity contribution is 5.91. The molecule has 2 aromatic carbocycles. The normalized spacial score (nSPS) is 10.8. The number of hydrogen-bond donors (Lipinski definition) is 2. The minimum atomic E-state index is 0.0438. The van der Waals surface area contributed by atoms with Crippen molar-refractivity contribution in [2.24, 2.45) is 0 Å². The molecule has 4 heteroatoms. The van der Waals surface area contributed by atoms with Crippen molar-refractivity contribution in [1.29, 1.82) is 0 Å². The van der Waals surface area contributed by atoms with Gasteiger partial charge in [-0.05, 0) is 48.2 Å². The summed E-state index contributed by atoms with van der Waals surface area (Å²) in [6.07, 6.45) is 5.99. The minimum Gasteiger partial charge on any atom is -0.346 e. The van der Waals surface area contributed by atoms with Crippen molar-refractivity contribution < 1.29 is 4.79 Å². The number of hydrogen-bond acceptors (Lipinski definition) is 2. The monoisotopic (exact) mass is 355 g/mol. The molecule has 4 nitrogen and oxygen atoms in total. The number of benzene rings is 2. The topological polar surface area (TPSA) is 57.8 Å². The van der Waals surface area contributed by atoms with E-state index in [1.807, 2.05) is 60.9 Å². The van der Waals surface area contributed by atoms with E-state index in [4.69, 9.17) is 0 Å². The molecule has 4 aromatic rings. The number of aromatic amines is 1. The van der Waals surface area contributed by atoms with E-state index < -0.39 is 0 Å². The first kappa shape index (κ1) is 17.0. The van der Waals surface area contributed by atoms with Crippen molar-refractivity contribution in [3.8, 4) is 11.1 Å². The van der Waals surface area contributed by atoms with Crippen molar-refractivity contribution in [2.75, 3.05) is 5.32 Å². The van der Waals surface area contributed by atoms with Crippen molar-refractivity contribution >= 4 is 22.6 Å². The van der Waals surface area contributed by atoms with Gasteiger partial charge in [-0.25, -0.2) is 4.98 Å². The molecule has 0 bridgehead atoms. The minimum absolute atomic E-state index is 0.0438. The highest BCUT2D eigenvalue weighted by Gasteiger charge is 2.06. The summed E-state index contributed by atoms with van der Waals surface area (Å²) in [4.78, 5) is 19.8. The fourth-order valence-corrected chi connectivity index (χ4v) is 3.20. The summed E-state index contributed by atoms with van der Waals surface area (Å²) in [7, 11) is 0. The second kappa shape index (κ2) is 7.87. The molecule has 0 fully saturated rings. The first-order valence-corrected chi connectivity index (χ1v) is 9.15. The molecule has 1 amide bonds. The van der Waals surface area contributed by atoms with Gasteiger partial charge in [-0.1, -0.05) is 42.5 Å². The van der Waals surface area contributed by atoms with E-state index in [1.165, 1.54) is 5.56 Å². The molecule has 2 N–H and O–H groups in total. The molecule has 0 saturated carbocycles. The predicted molar refractivity (Wildman–Crippen MR) is 110 cm³/mol. The first-order valence-electron chi connectivity index (χ1n) is 9.15. The molecule has 0 spiro atoms. The molecule has 0 atom stereocenters. The fraction of sp³-hybridized carbons (Fsp3) is 0.130. The maximum atomic E-state index is 12.3. The number of anilines is 1. The van der Waals surface area contributed by atoms with Crippen LogP contribution in [0.15, 0.2) is 79.1 Å². The zero-order chi connectivity index (χ0) is 18.5. The zero-order valence-electron chi connectivity index (χ0n) is 15.0. The first-order chi connectivity index (χ1) is 13.3. The lowest BCUT2D eigenvalue weighted by atomic mass is 10.1. The number of aryl methyl sites for hydroxylation is 1. The molecule has 4 rings (SSSR count). The van der Waals surface area contributed by atoms with Crippen LogP contribution in [0.5, 0.6) is 0 Å². The molecule has 0 aliphatic heterocycles. The second-order valence-electron chi connectivity index (χ2n) is 6.61. The third-order valence-corrected chi connectivity index (χ3v) is 4.59. The molecular formula is C23H21N3O. The van der Waals surface area contributed by atoms with Gasteiger partial charge >= 0.3 is 0 Å². The van der Waals surface area contributed by atoms with Gasteiger partial charge < -0.3 is 10.3 Å². The molecule has 0 aliphatic rings. The predicted octanol–water partition coefficient (Wildman–Crippen LogP) is 5.19. The van der Waals surface area contributed by atoms with Gasteiger partial charge in [-0.2, -0.15) is 0 Å². The summed E-state index contributed by atoms with van der Waals surface area (Å²) in [5, 5.41) is 4.08. The van der Waals surface area contributed by atoms with Crippen LogP contribution >= 0.6 is 0 Å². The van der Waals surface area contributed by atoms with Gasteiger partial charge in [0.25, 0.3) is 0 Å². The van der Waals surface area contributed by atoms with Gasteiger partial charge in [-0.3, -0.25) is 4.79 Å². The SMILES string of the molecule is O=C(CCCc1ccccc1)Nc1cccc(-c2cnc3[nH]ccc3c2)c1. The summed E-state index contributed by atoms with van der Waals surface area (Å²) in [5.74, 6) is 0.0438. The van der Waals surface area contributed by atoms with Crippen LogP contribution in [0, 0.1) is 0 Å². The molecule has 0 aliphatic carbocycles. The van der Waals surface area contributed by atoms with Crippen LogP contribution in [0.2, 0.25) is 0 Å². The summed E-state index contributed by atoms with van der Waals surface area (Å²) < 4.78 is 0. The molecule has 134 valence electrons. The number of nitrogens with zero attached hydrogens (tertiary/aromatic N) is 1. The number of nitrogens with one attached hydrogen (secondary N) is 2. The Bertz CT molecular complexity index is 1050. The van der Waals surface area contributed by atoms with Crippen LogP contribution in [0.3, 0.4) is 0 Å². The quantitative estimate of drug-likeness (QED) is 0.500. The van der Waals surface area contributed by atoms with Gasteiger partial charge in [0, 0.05) is 35.5 Å². The van der Waals surface area contributed by atoms with Gasteiger partial charge in [0.1, 0.15) is 5.65 Å². The smallest absolute Gasteiger partial charge is 0.224 e. The Hall–Kier alpha value is -3.40.